The minimum absolute atomic E-state index is 0.698. The molecule has 3 heteroatoms. The van der Waals surface area contributed by atoms with Gasteiger partial charge in [-0.15, -0.1) is 0 Å². The molecule has 1 aromatic heterocycles. The molecule has 0 aliphatic rings. The first-order chi connectivity index (χ1) is 2.89. The average Bonchev–Trinajstić information content (AvgIpc) is 1.86. The predicted molar refractivity (Wildman–Crippen MR) is 31.7 cm³/mol. The molecule has 0 saturated carbocycles. The molecule has 0 bridgehead atoms. The minimum atomic E-state index is 0.698. The third kappa shape index (κ3) is 0.943. The van der Waals surface area contributed by atoms with E-state index in [-0.39, 0.29) is 0 Å². The van der Waals surface area contributed by atoms with Crippen molar-refractivity contribution in [1.82, 2.24) is 4.98 Å². The van der Waals surface area contributed by atoms with Gasteiger partial charge in [0.2, 0.25) is 0 Å². The number of nitrogens with zero attached hydrogens (tertiary/aromatic N) is 1. The van der Waals surface area contributed by atoms with Crippen LogP contribution in [0.15, 0.2) is 11.7 Å². The quantitative estimate of drug-likeness (QED) is 0.503. The van der Waals surface area contributed by atoms with Crippen LogP contribution < -0.4 is 2.89 Å². The topological polar surface area (TPSA) is 12.9 Å². The Morgan fingerprint density at radius 1 is 1.83 bits per heavy atom. The molecular formula is C3H5NSSn. The summed E-state index contributed by atoms with van der Waals surface area (Å²) in [5.41, 5.74) is 1.88. The van der Waals surface area contributed by atoms with Gasteiger partial charge in [0, 0.05) is 0 Å². The summed E-state index contributed by atoms with van der Waals surface area (Å²) in [5.74, 6) is 0. The zero-order valence-electron chi connectivity index (χ0n) is 3.51. The first-order valence-electron chi connectivity index (χ1n) is 1.74. The van der Waals surface area contributed by atoms with E-state index >= 15 is 0 Å². The number of hydrogen-bond acceptors (Lipinski definition) is 2. The first-order valence-corrected chi connectivity index (χ1v) is 5.48. The van der Waals surface area contributed by atoms with E-state index in [1.165, 1.54) is 2.89 Å². The third-order valence-corrected chi connectivity index (χ3v) is 4.02. The molecule has 1 aromatic rings. The number of thiazole rings is 1. The van der Waals surface area contributed by atoms with Gasteiger partial charge in [-0.3, -0.25) is 0 Å². The van der Waals surface area contributed by atoms with Gasteiger partial charge in [0.1, 0.15) is 0 Å². The molecule has 0 spiro atoms. The Bertz CT molecular complexity index is 114. The van der Waals surface area contributed by atoms with Crippen LogP contribution in [0.3, 0.4) is 0 Å². The maximum atomic E-state index is 3.89. The van der Waals surface area contributed by atoms with Crippen molar-refractivity contribution in [1.29, 1.82) is 0 Å². The monoisotopic (exact) mass is 207 g/mol. The Morgan fingerprint density at radius 2 is 2.67 bits per heavy atom. The van der Waals surface area contributed by atoms with Gasteiger partial charge in [-0.25, -0.2) is 0 Å². The third-order valence-electron chi connectivity index (χ3n) is 0.556. The summed E-state index contributed by atoms with van der Waals surface area (Å²) in [6, 6.07) is 0. The van der Waals surface area contributed by atoms with Gasteiger partial charge in [-0.05, 0) is 0 Å². The molecule has 0 aliphatic carbocycles. The second kappa shape index (κ2) is 1.93. The van der Waals surface area contributed by atoms with Gasteiger partial charge in [0.15, 0.2) is 0 Å². The van der Waals surface area contributed by atoms with Crippen LogP contribution in [-0.4, -0.2) is 27.5 Å². The van der Waals surface area contributed by atoms with E-state index in [1.807, 2.05) is 11.7 Å². The van der Waals surface area contributed by atoms with Crippen LogP contribution in [0.1, 0.15) is 0 Å². The van der Waals surface area contributed by atoms with Crippen molar-refractivity contribution in [3.05, 3.63) is 11.7 Å². The summed E-state index contributed by atoms with van der Waals surface area (Å²) in [5, 5.41) is 0. The second-order valence-corrected chi connectivity index (χ2v) is 7.35. The standard InChI is InChI=1S/C3H2NS.Sn.3H/c1-2-5-3-4-1;;;;/h1,3H;;;;. The van der Waals surface area contributed by atoms with E-state index in [1.54, 1.807) is 11.3 Å². The molecule has 0 saturated heterocycles. The van der Waals surface area contributed by atoms with Gasteiger partial charge in [-0.2, -0.15) is 0 Å². The van der Waals surface area contributed by atoms with E-state index in [4.69, 9.17) is 0 Å². The van der Waals surface area contributed by atoms with Gasteiger partial charge in [0.25, 0.3) is 0 Å². The maximum absolute atomic E-state index is 3.89. The Morgan fingerprint density at radius 3 is 2.83 bits per heavy atom. The predicted octanol–water partition coefficient (Wildman–Crippen LogP) is -0.866. The van der Waals surface area contributed by atoms with Crippen LogP contribution in [0.5, 0.6) is 0 Å². The Hall–Kier alpha value is 0.429. The molecule has 1 nitrogen and oxygen atoms in total. The normalized spacial score (nSPS) is 9.33. The van der Waals surface area contributed by atoms with E-state index in [0.717, 1.165) is 0 Å². The van der Waals surface area contributed by atoms with E-state index in [2.05, 4.69) is 4.98 Å². The summed E-state index contributed by atoms with van der Waals surface area (Å²) in [7, 11) is 0. The van der Waals surface area contributed by atoms with Crippen LogP contribution in [0.25, 0.3) is 0 Å². The van der Waals surface area contributed by atoms with Gasteiger partial charge < -0.3 is 0 Å². The summed E-state index contributed by atoms with van der Waals surface area (Å²) in [4.78, 5) is 3.89. The van der Waals surface area contributed by atoms with Crippen LogP contribution in [0.2, 0.25) is 0 Å². The van der Waals surface area contributed by atoms with Crippen LogP contribution in [-0.2, 0) is 0 Å². The van der Waals surface area contributed by atoms with Crippen LogP contribution in [0, 0.1) is 0 Å². The van der Waals surface area contributed by atoms with Crippen molar-refractivity contribution < 1.29 is 0 Å². The Labute approximate surface area is 53.5 Å². The summed E-state index contributed by atoms with van der Waals surface area (Å²) in [6.07, 6.45) is 1.95. The van der Waals surface area contributed by atoms with Gasteiger partial charge >= 0.3 is 53.4 Å². The number of hydrogen-bond donors (Lipinski definition) is 0. The molecule has 6 heavy (non-hydrogen) atoms. The fraction of sp³-hybridized carbons (Fsp3) is 0. The number of aromatic nitrogens is 1. The van der Waals surface area contributed by atoms with Crippen molar-refractivity contribution >= 4 is 36.8 Å². The molecule has 0 radical (unpaired) electrons. The molecule has 1 heterocycles. The van der Waals surface area contributed by atoms with E-state index < -0.39 is 0 Å². The van der Waals surface area contributed by atoms with Crippen molar-refractivity contribution in [3.63, 3.8) is 0 Å². The van der Waals surface area contributed by atoms with Crippen molar-refractivity contribution in [2.24, 2.45) is 0 Å². The fourth-order valence-electron chi connectivity index (χ4n) is 0.279. The average molecular weight is 206 g/mol. The molecule has 0 atom stereocenters. The second-order valence-electron chi connectivity index (χ2n) is 1.11. The van der Waals surface area contributed by atoms with Crippen molar-refractivity contribution in [2.75, 3.05) is 0 Å². The molecule has 0 aliphatic heterocycles. The zero-order valence-corrected chi connectivity index (χ0v) is 10.0. The Kier molecular flexibility index (Phi) is 1.47. The summed E-state index contributed by atoms with van der Waals surface area (Å²) < 4.78 is 1.48. The molecule has 1 rings (SSSR count). The molecule has 0 N–H and O–H groups in total. The fourth-order valence-corrected chi connectivity index (χ4v) is 2.02. The van der Waals surface area contributed by atoms with Gasteiger partial charge in [0.05, 0.1) is 0 Å². The Balaban J connectivity index is 3.05. The van der Waals surface area contributed by atoms with Gasteiger partial charge in [-0.1, -0.05) is 0 Å². The first kappa shape index (κ1) is 4.58. The summed E-state index contributed by atoms with van der Waals surface area (Å²) >= 11 is 2.46. The van der Waals surface area contributed by atoms with E-state index in [9.17, 15) is 0 Å². The molecule has 32 valence electrons. The van der Waals surface area contributed by atoms with Crippen molar-refractivity contribution in [3.8, 4) is 0 Å². The van der Waals surface area contributed by atoms with Crippen LogP contribution in [0.4, 0.5) is 0 Å². The van der Waals surface area contributed by atoms with Crippen LogP contribution >= 0.6 is 11.3 Å². The molecule has 0 unspecified atom stereocenters. The number of rotatable bonds is 0. The van der Waals surface area contributed by atoms with E-state index in [0.29, 0.717) is 22.5 Å². The zero-order chi connectivity index (χ0) is 4.41. The SMILES string of the molecule is [SnH3][c]1cncs1. The van der Waals surface area contributed by atoms with Crippen molar-refractivity contribution in [2.45, 2.75) is 0 Å². The molecular weight excluding hydrogens is 201 g/mol. The molecule has 0 aromatic carbocycles. The molecule has 0 fully saturated rings. The summed E-state index contributed by atoms with van der Waals surface area (Å²) in [6.45, 7) is 0. The molecule has 0 amide bonds.